The zero-order valence-corrected chi connectivity index (χ0v) is 17.1. The first-order valence-electron chi connectivity index (χ1n) is 10.3. The Hall–Kier alpha value is -3.47. The molecule has 6 N–H and O–H groups in total. The highest BCUT2D eigenvalue weighted by Crippen LogP contribution is 2.26. The van der Waals surface area contributed by atoms with Crippen LogP contribution in [-0.2, 0) is 4.79 Å². The second-order valence-corrected chi connectivity index (χ2v) is 7.65. The summed E-state index contributed by atoms with van der Waals surface area (Å²) in [5.74, 6) is 0.172. The molecule has 30 heavy (non-hydrogen) atoms. The number of nitrogen functional groups attached to an aromatic ring is 2. The number of carbonyl (C=O) groups is 1. The van der Waals surface area contributed by atoms with Crippen LogP contribution in [0.5, 0.6) is 0 Å². The van der Waals surface area contributed by atoms with Crippen LogP contribution >= 0.6 is 0 Å². The Balaban J connectivity index is 1.91. The average Bonchev–Trinajstić information content (AvgIpc) is 2.81. The maximum absolute atomic E-state index is 13.4. The van der Waals surface area contributed by atoms with Gasteiger partial charge in [0.25, 0.3) is 0 Å². The summed E-state index contributed by atoms with van der Waals surface area (Å²) in [4.78, 5) is 13.4. The number of benzene rings is 2. The Morgan fingerprint density at radius 2 is 1.03 bits per heavy atom. The van der Waals surface area contributed by atoms with Crippen molar-refractivity contribution in [2.75, 3.05) is 0 Å². The van der Waals surface area contributed by atoms with Gasteiger partial charge in [0.05, 0.1) is 0 Å². The second kappa shape index (κ2) is 9.83. The Bertz CT molecular complexity index is 917. The van der Waals surface area contributed by atoms with Crippen LogP contribution in [0.3, 0.4) is 0 Å². The summed E-state index contributed by atoms with van der Waals surface area (Å²) in [7, 11) is 0. The Morgan fingerprint density at radius 1 is 0.667 bits per heavy atom. The molecule has 0 aliphatic heterocycles. The van der Waals surface area contributed by atoms with Gasteiger partial charge in [-0.05, 0) is 49.0 Å². The molecule has 5 nitrogen and oxygen atoms in total. The van der Waals surface area contributed by atoms with Gasteiger partial charge < -0.3 is 11.5 Å². The van der Waals surface area contributed by atoms with Crippen LogP contribution in [-0.4, -0.2) is 17.5 Å². The van der Waals surface area contributed by atoms with Gasteiger partial charge in [0, 0.05) is 22.3 Å². The molecule has 0 atom stereocenters. The minimum atomic E-state index is 0.0359. The average molecular weight is 401 g/mol. The lowest BCUT2D eigenvalue weighted by molar-refractivity contribution is -0.112. The number of carbonyl (C=O) groups excluding carboxylic acids is 1. The van der Waals surface area contributed by atoms with Crippen LogP contribution in [0.25, 0.3) is 12.2 Å². The summed E-state index contributed by atoms with van der Waals surface area (Å²) >= 11 is 0. The minimum Gasteiger partial charge on any atom is -0.384 e. The maximum Gasteiger partial charge on any atom is 0.185 e. The van der Waals surface area contributed by atoms with Gasteiger partial charge in [-0.15, -0.1) is 0 Å². The smallest absolute Gasteiger partial charge is 0.185 e. The predicted octanol–water partition coefficient (Wildman–Crippen LogP) is 4.65. The van der Waals surface area contributed by atoms with Crippen LogP contribution in [0.15, 0.2) is 59.7 Å². The quantitative estimate of drug-likeness (QED) is 0.340. The molecule has 0 saturated heterocycles. The SMILES string of the molecule is N=C(N)c1ccc(/C=C2/CCCCCC/C(=C/c3ccc(C(=N)N)cc3)C2=O)cc1. The number of nitrogens with one attached hydrogen (secondary N) is 2. The third-order valence-electron chi connectivity index (χ3n) is 5.35. The lowest BCUT2D eigenvalue weighted by Crippen LogP contribution is -2.10. The number of nitrogens with two attached hydrogens (primary N) is 2. The van der Waals surface area contributed by atoms with Crippen LogP contribution < -0.4 is 11.5 Å². The molecule has 1 aliphatic carbocycles. The Labute approximate surface area is 177 Å². The van der Waals surface area contributed by atoms with E-state index in [0.29, 0.717) is 11.1 Å². The van der Waals surface area contributed by atoms with E-state index in [1.165, 1.54) is 0 Å². The molecule has 1 fully saturated rings. The first-order valence-corrected chi connectivity index (χ1v) is 10.3. The van der Waals surface area contributed by atoms with Crippen molar-refractivity contribution < 1.29 is 4.79 Å². The van der Waals surface area contributed by atoms with Gasteiger partial charge in [0.2, 0.25) is 0 Å². The summed E-state index contributed by atoms with van der Waals surface area (Å²) in [6.45, 7) is 0. The van der Waals surface area contributed by atoms with Crippen molar-refractivity contribution in [3.8, 4) is 0 Å². The monoisotopic (exact) mass is 400 g/mol. The highest BCUT2D eigenvalue weighted by atomic mass is 16.1. The van der Waals surface area contributed by atoms with Crippen molar-refractivity contribution in [1.29, 1.82) is 10.8 Å². The van der Waals surface area contributed by atoms with E-state index in [1.54, 1.807) is 0 Å². The van der Waals surface area contributed by atoms with E-state index < -0.39 is 0 Å². The Morgan fingerprint density at radius 3 is 1.37 bits per heavy atom. The minimum absolute atomic E-state index is 0.0359. The molecule has 0 amide bonds. The number of hydrogen-bond donors (Lipinski definition) is 4. The highest BCUT2D eigenvalue weighted by Gasteiger charge is 2.17. The van der Waals surface area contributed by atoms with Crippen LogP contribution in [0.1, 0.15) is 60.8 Å². The molecule has 0 radical (unpaired) electrons. The normalized spacial score (nSPS) is 17.9. The molecule has 1 aliphatic rings. The lowest BCUT2D eigenvalue weighted by atomic mass is 9.94. The number of hydrogen-bond acceptors (Lipinski definition) is 3. The van der Waals surface area contributed by atoms with Gasteiger partial charge in [-0.2, -0.15) is 0 Å². The zero-order valence-electron chi connectivity index (χ0n) is 17.1. The molecule has 0 heterocycles. The molecule has 5 heteroatoms. The fourth-order valence-electron chi connectivity index (χ4n) is 3.61. The molecular weight excluding hydrogens is 372 g/mol. The number of Topliss-reactive ketones (excluding diaryl/α,β-unsaturated/α-hetero) is 1. The molecule has 0 spiro atoms. The summed E-state index contributed by atoms with van der Waals surface area (Å²) in [5, 5.41) is 15.0. The van der Waals surface area contributed by atoms with E-state index >= 15 is 0 Å². The number of rotatable bonds is 4. The predicted molar refractivity (Wildman–Crippen MR) is 124 cm³/mol. The molecular formula is C25H28N4O. The summed E-state index contributed by atoms with van der Waals surface area (Å²) in [6.07, 6.45) is 9.69. The third-order valence-corrected chi connectivity index (χ3v) is 5.35. The van der Waals surface area contributed by atoms with E-state index in [4.69, 9.17) is 22.3 Å². The van der Waals surface area contributed by atoms with Crippen molar-refractivity contribution in [3.63, 3.8) is 0 Å². The highest BCUT2D eigenvalue weighted by molar-refractivity contribution is 6.13. The van der Waals surface area contributed by atoms with Gasteiger partial charge in [-0.3, -0.25) is 15.6 Å². The maximum atomic E-state index is 13.4. The summed E-state index contributed by atoms with van der Waals surface area (Å²) in [5.41, 5.74) is 15.9. The molecule has 154 valence electrons. The van der Waals surface area contributed by atoms with E-state index in [1.807, 2.05) is 60.7 Å². The summed E-state index contributed by atoms with van der Waals surface area (Å²) in [6, 6.07) is 14.8. The van der Waals surface area contributed by atoms with Crippen LogP contribution in [0, 0.1) is 10.8 Å². The van der Waals surface area contributed by atoms with Crippen molar-refractivity contribution in [3.05, 3.63) is 81.9 Å². The summed E-state index contributed by atoms with van der Waals surface area (Å²) < 4.78 is 0. The van der Waals surface area contributed by atoms with Gasteiger partial charge in [-0.25, -0.2) is 0 Å². The molecule has 0 aromatic heterocycles. The Kier molecular flexibility index (Phi) is 6.96. The van der Waals surface area contributed by atoms with Crippen molar-refractivity contribution >= 4 is 29.6 Å². The molecule has 0 unspecified atom stereocenters. The number of allylic oxidation sites excluding steroid dienone is 2. The second-order valence-electron chi connectivity index (χ2n) is 7.65. The molecule has 2 aromatic carbocycles. The standard InChI is InChI=1S/C25H28N4O/c26-24(27)19-11-7-17(8-12-19)15-21-5-3-1-2-4-6-22(23(21)30)16-18-9-13-20(14-10-18)25(28)29/h7-16H,1-6H2,(H3,26,27)(H3,28,29)/b21-15-,22-16-. The van der Waals surface area contributed by atoms with Crippen LogP contribution in [0.2, 0.25) is 0 Å². The first-order chi connectivity index (χ1) is 14.4. The molecule has 2 aromatic rings. The zero-order chi connectivity index (χ0) is 21.5. The molecule has 3 rings (SSSR count). The topological polar surface area (TPSA) is 117 Å². The fourth-order valence-corrected chi connectivity index (χ4v) is 3.61. The van der Waals surface area contributed by atoms with Gasteiger partial charge in [0.15, 0.2) is 5.78 Å². The third kappa shape index (κ3) is 5.54. The van der Waals surface area contributed by atoms with Gasteiger partial charge >= 0.3 is 0 Å². The molecule has 0 bridgehead atoms. The first kappa shape index (κ1) is 21.2. The lowest BCUT2D eigenvalue weighted by Gasteiger charge is -2.10. The molecule has 1 saturated carbocycles. The van der Waals surface area contributed by atoms with Crippen LogP contribution in [0.4, 0.5) is 0 Å². The van der Waals surface area contributed by atoms with E-state index in [9.17, 15) is 4.79 Å². The van der Waals surface area contributed by atoms with Crippen molar-refractivity contribution in [2.24, 2.45) is 11.5 Å². The van der Waals surface area contributed by atoms with Gasteiger partial charge in [0.1, 0.15) is 11.7 Å². The van der Waals surface area contributed by atoms with E-state index in [0.717, 1.165) is 60.8 Å². The number of amidine groups is 2. The largest absolute Gasteiger partial charge is 0.384 e. The van der Waals surface area contributed by atoms with E-state index in [-0.39, 0.29) is 17.5 Å². The van der Waals surface area contributed by atoms with Gasteiger partial charge in [-0.1, -0.05) is 61.4 Å². The van der Waals surface area contributed by atoms with Crippen molar-refractivity contribution in [1.82, 2.24) is 0 Å². The van der Waals surface area contributed by atoms with E-state index in [2.05, 4.69) is 0 Å². The fraction of sp³-hybridized carbons (Fsp3) is 0.240. The number of ketones is 1. The van der Waals surface area contributed by atoms with Crippen molar-refractivity contribution in [2.45, 2.75) is 38.5 Å².